The summed E-state index contributed by atoms with van der Waals surface area (Å²) in [5, 5.41) is 14.3. The highest BCUT2D eigenvalue weighted by molar-refractivity contribution is 5.80. The van der Waals surface area contributed by atoms with E-state index in [0.29, 0.717) is 48.0 Å². The Hall–Kier alpha value is -4.07. The van der Waals surface area contributed by atoms with Crippen LogP contribution in [0.25, 0.3) is 10.9 Å². The average molecular weight is 474 g/mol. The van der Waals surface area contributed by atoms with Gasteiger partial charge in [-0.2, -0.15) is 5.10 Å². The molecule has 0 spiro atoms. The summed E-state index contributed by atoms with van der Waals surface area (Å²) in [4.78, 5) is 11.1. The predicted octanol–water partition coefficient (Wildman–Crippen LogP) is 5.52. The number of ether oxygens (including phenoxy) is 3. The molecule has 1 aliphatic heterocycles. The van der Waals surface area contributed by atoms with Crippen molar-refractivity contribution in [3.63, 3.8) is 0 Å². The molecule has 1 N–H and O–H groups in total. The lowest BCUT2D eigenvalue weighted by atomic mass is 9.98. The van der Waals surface area contributed by atoms with E-state index in [1.807, 2.05) is 31.3 Å². The summed E-state index contributed by atoms with van der Waals surface area (Å²) >= 11 is 0. The number of hydrogen-bond acceptors (Lipinski definition) is 5. The molecule has 6 rings (SSSR count). The first-order valence-electron chi connectivity index (χ1n) is 11.5. The van der Waals surface area contributed by atoms with Gasteiger partial charge < -0.3 is 19.3 Å². The quantitative estimate of drug-likeness (QED) is 0.396. The second-order valence-corrected chi connectivity index (χ2v) is 8.98. The molecular formula is C27H23FN2O5. The molecule has 0 amide bonds. The molecule has 35 heavy (non-hydrogen) atoms. The topological polar surface area (TPSA) is 82.8 Å². The van der Waals surface area contributed by atoms with Gasteiger partial charge in [-0.1, -0.05) is 6.07 Å². The van der Waals surface area contributed by atoms with Crippen molar-refractivity contribution in [2.75, 3.05) is 6.61 Å². The summed E-state index contributed by atoms with van der Waals surface area (Å²) in [6.07, 6.45) is 2.60. The Morgan fingerprint density at radius 2 is 2.06 bits per heavy atom. The van der Waals surface area contributed by atoms with Crippen molar-refractivity contribution in [3.05, 3.63) is 77.2 Å². The number of benzene rings is 3. The van der Waals surface area contributed by atoms with Crippen LogP contribution in [0.5, 0.6) is 23.0 Å². The molecule has 1 aliphatic carbocycles. The largest absolute Gasteiger partial charge is 0.492 e. The maximum atomic E-state index is 14.9. The minimum atomic E-state index is -0.858. The molecule has 7 nitrogen and oxygen atoms in total. The SMILES string of the molecule is Cn1ncc2cc(Oc3ccc(F)c4c3CC[C@H]4Oc3ccc4c(c3)OC[C@H]4CC(=O)O)ccc21. The molecule has 3 aromatic carbocycles. The molecule has 0 saturated carbocycles. The summed E-state index contributed by atoms with van der Waals surface area (Å²) in [6.45, 7) is 0.331. The molecule has 0 fully saturated rings. The summed E-state index contributed by atoms with van der Waals surface area (Å²) in [5.74, 6) is 1.10. The van der Waals surface area contributed by atoms with E-state index in [9.17, 15) is 9.18 Å². The van der Waals surface area contributed by atoms with Gasteiger partial charge >= 0.3 is 5.97 Å². The second kappa shape index (κ2) is 8.30. The molecule has 2 aliphatic rings. The molecule has 0 radical (unpaired) electrons. The average Bonchev–Trinajstić information content (AvgIpc) is 3.54. The molecule has 4 aromatic rings. The van der Waals surface area contributed by atoms with E-state index in [0.717, 1.165) is 22.0 Å². The van der Waals surface area contributed by atoms with Crippen LogP contribution in [0.2, 0.25) is 0 Å². The number of fused-ring (bicyclic) bond motifs is 3. The molecule has 1 aromatic heterocycles. The van der Waals surface area contributed by atoms with Crippen molar-refractivity contribution in [1.29, 1.82) is 0 Å². The van der Waals surface area contributed by atoms with E-state index in [-0.39, 0.29) is 18.2 Å². The fourth-order valence-corrected chi connectivity index (χ4v) is 5.06. The third-order valence-electron chi connectivity index (χ3n) is 6.75. The Morgan fingerprint density at radius 1 is 1.20 bits per heavy atom. The lowest BCUT2D eigenvalue weighted by Crippen LogP contribution is -2.07. The van der Waals surface area contributed by atoms with Gasteiger partial charge in [0.15, 0.2) is 0 Å². The van der Waals surface area contributed by atoms with E-state index in [1.54, 1.807) is 29.1 Å². The van der Waals surface area contributed by atoms with Crippen molar-refractivity contribution in [2.24, 2.45) is 7.05 Å². The second-order valence-electron chi connectivity index (χ2n) is 8.98. The fraction of sp³-hybridized carbons (Fsp3) is 0.259. The van der Waals surface area contributed by atoms with Crippen molar-refractivity contribution in [2.45, 2.75) is 31.3 Å². The first-order valence-corrected chi connectivity index (χ1v) is 11.5. The molecule has 2 heterocycles. The van der Waals surface area contributed by atoms with Gasteiger partial charge in [-0.05, 0) is 49.2 Å². The minimum absolute atomic E-state index is 0.0188. The summed E-state index contributed by atoms with van der Waals surface area (Å²) in [6, 6.07) is 14.2. The van der Waals surface area contributed by atoms with Crippen LogP contribution >= 0.6 is 0 Å². The van der Waals surface area contributed by atoms with Crippen LogP contribution in [0.1, 0.15) is 41.6 Å². The van der Waals surface area contributed by atoms with Crippen LogP contribution in [0.3, 0.4) is 0 Å². The summed E-state index contributed by atoms with van der Waals surface area (Å²) < 4.78 is 34.8. The van der Waals surface area contributed by atoms with Gasteiger partial charge in [0.05, 0.1) is 24.7 Å². The van der Waals surface area contributed by atoms with Gasteiger partial charge in [0.25, 0.3) is 0 Å². The van der Waals surface area contributed by atoms with Crippen molar-refractivity contribution >= 4 is 16.9 Å². The Morgan fingerprint density at radius 3 is 2.91 bits per heavy atom. The van der Waals surface area contributed by atoms with Gasteiger partial charge in [0.1, 0.15) is 34.9 Å². The Kier molecular flexibility index (Phi) is 5.09. The van der Waals surface area contributed by atoms with Crippen LogP contribution < -0.4 is 14.2 Å². The maximum Gasteiger partial charge on any atom is 0.304 e. The van der Waals surface area contributed by atoms with E-state index in [2.05, 4.69) is 5.10 Å². The minimum Gasteiger partial charge on any atom is -0.492 e. The van der Waals surface area contributed by atoms with Crippen LogP contribution in [0.4, 0.5) is 4.39 Å². The molecule has 2 atom stereocenters. The maximum absolute atomic E-state index is 14.9. The van der Waals surface area contributed by atoms with Gasteiger partial charge in [-0.15, -0.1) is 0 Å². The number of carbonyl (C=O) groups is 1. The number of aryl methyl sites for hydroxylation is 1. The lowest BCUT2D eigenvalue weighted by molar-refractivity contribution is -0.137. The number of aromatic nitrogens is 2. The van der Waals surface area contributed by atoms with Crippen LogP contribution in [0.15, 0.2) is 54.7 Å². The number of hydrogen-bond donors (Lipinski definition) is 1. The molecule has 178 valence electrons. The predicted molar refractivity (Wildman–Crippen MR) is 126 cm³/mol. The molecule has 0 unspecified atom stereocenters. The van der Waals surface area contributed by atoms with Crippen molar-refractivity contribution in [1.82, 2.24) is 9.78 Å². The Labute approximate surface area is 200 Å². The van der Waals surface area contributed by atoms with Gasteiger partial charge in [0, 0.05) is 41.1 Å². The highest BCUT2D eigenvalue weighted by Gasteiger charge is 2.32. The normalized spacial score (nSPS) is 18.2. The lowest BCUT2D eigenvalue weighted by Gasteiger charge is -2.17. The third kappa shape index (κ3) is 3.84. The molecule has 0 saturated heterocycles. The number of nitrogens with zero attached hydrogens (tertiary/aromatic N) is 2. The number of carboxylic acid groups (broad SMARTS) is 1. The van der Waals surface area contributed by atoms with E-state index < -0.39 is 12.1 Å². The van der Waals surface area contributed by atoms with Crippen molar-refractivity contribution in [3.8, 4) is 23.0 Å². The number of rotatable bonds is 6. The zero-order valence-corrected chi connectivity index (χ0v) is 19.0. The smallest absolute Gasteiger partial charge is 0.304 e. The third-order valence-corrected chi connectivity index (χ3v) is 6.75. The van der Waals surface area contributed by atoms with Crippen LogP contribution in [-0.4, -0.2) is 27.5 Å². The molecule has 0 bridgehead atoms. The van der Waals surface area contributed by atoms with Gasteiger partial charge in [-0.3, -0.25) is 9.48 Å². The monoisotopic (exact) mass is 474 g/mol. The number of halogens is 1. The van der Waals surface area contributed by atoms with Crippen molar-refractivity contribution < 1.29 is 28.5 Å². The highest BCUT2D eigenvalue weighted by atomic mass is 19.1. The van der Waals surface area contributed by atoms with Crippen LogP contribution in [-0.2, 0) is 18.3 Å². The highest BCUT2D eigenvalue weighted by Crippen LogP contribution is 2.44. The Bertz CT molecular complexity index is 1460. The first-order chi connectivity index (χ1) is 17.0. The first kappa shape index (κ1) is 21.5. The molecule has 8 heteroatoms. The zero-order valence-electron chi connectivity index (χ0n) is 19.0. The summed E-state index contributed by atoms with van der Waals surface area (Å²) in [5.41, 5.74) is 3.18. The summed E-state index contributed by atoms with van der Waals surface area (Å²) in [7, 11) is 1.89. The van der Waals surface area contributed by atoms with Gasteiger partial charge in [-0.25, -0.2) is 4.39 Å². The van der Waals surface area contributed by atoms with E-state index >= 15 is 0 Å². The number of carboxylic acids is 1. The zero-order chi connectivity index (χ0) is 24.1. The van der Waals surface area contributed by atoms with E-state index in [4.69, 9.17) is 19.3 Å². The number of aliphatic carboxylic acids is 1. The Balaban J connectivity index is 1.24. The standard InChI is InChI=1S/C27H23FN2O5/c1-30-22-7-3-17(10-15(22)13-29-30)34-23-9-6-21(28)27-20(23)5-8-24(27)35-18-2-4-19-16(11-26(31)32)14-33-25(19)12-18/h2-4,6-7,9-10,12-13,16,24H,5,8,11,14H2,1H3,(H,31,32)/t16-,24-/m1/s1. The fourth-order valence-electron chi connectivity index (χ4n) is 5.06. The molecular weight excluding hydrogens is 451 g/mol. The van der Waals surface area contributed by atoms with E-state index in [1.165, 1.54) is 6.07 Å². The van der Waals surface area contributed by atoms with Crippen LogP contribution in [0, 0.1) is 5.82 Å². The van der Waals surface area contributed by atoms with Gasteiger partial charge in [0.2, 0.25) is 0 Å².